The molecule has 0 saturated heterocycles. The predicted octanol–water partition coefficient (Wildman–Crippen LogP) is 1.48. The number of nitrogens with zero attached hydrogens (tertiary/aromatic N) is 1. The van der Waals surface area contributed by atoms with Gasteiger partial charge in [0.05, 0.1) is 7.11 Å². The molecule has 0 saturated carbocycles. The largest absolute Gasteiger partial charge is 0.453 e. The third-order valence-corrected chi connectivity index (χ3v) is 1.33. The normalized spacial score (nSPS) is 9.10. The van der Waals surface area contributed by atoms with Crippen molar-refractivity contribution in [2.75, 3.05) is 20.7 Å². The van der Waals surface area contributed by atoms with Crippen molar-refractivity contribution in [3.63, 3.8) is 0 Å². The van der Waals surface area contributed by atoms with Gasteiger partial charge in [-0.25, -0.2) is 4.79 Å². The molecule has 3 heteroatoms. The molecule has 10 heavy (non-hydrogen) atoms. The van der Waals surface area contributed by atoms with Gasteiger partial charge >= 0.3 is 6.09 Å². The van der Waals surface area contributed by atoms with Crippen LogP contribution in [0.4, 0.5) is 4.79 Å². The van der Waals surface area contributed by atoms with E-state index in [9.17, 15) is 4.79 Å². The summed E-state index contributed by atoms with van der Waals surface area (Å²) in [5.41, 5.74) is 0. The molecular weight excluding hydrogens is 130 g/mol. The molecule has 0 atom stereocenters. The standard InChI is InChI=1S/C7H15NO2/c1-4-5-6-8(2)7(9)10-3/h4-6H2,1-3H3. The summed E-state index contributed by atoms with van der Waals surface area (Å²) in [4.78, 5) is 12.3. The average Bonchev–Trinajstić information content (AvgIpc) is 1.98. The molecule has 60 valence electrons. The van der Waals surface area contributed by atoms with Crippen LogP contribution in [0.1, 0.15) is 19.8 Å². The second-order valence-corrected chi connectivity index (χ2v) is 2.25. The molecule has 3 nitrogen and oxygen atoms in total. The Morgan fingerprint density at radius 3 is 2.60 bits per heavy atom. The van der Waals surface area contributed by atoms with E-state index >= 15 is 0 Å². The Labute approximate surface area is 62.0 Å². The summed E-state index contributed by atoms with van der Waals surface area (Å²) < 4.78 is 4.50. The number of methoxy groups -OCH3 is 1. The fraction of sp³-hybridized carbons (Fsp3) is 0.857. The zero-order valence-corrected chi connectivity index (χ0v) is 6.89. The van der Waals surface area contributed by atoms with Crippen LogP contribution in [0, 0.1) is 0 Å². The first kappa shape index (κ1) is 9.27. The lowest BCUT2D eigenvalue weighted by atomic mass is 10.3. The summed E-state index contributed by atoms with van der Waals surface area (Å²) in [5.74, 6) is 0. The molecule has 0 bridgehead atoms. The Balaban J connectivity index is 3.41. The van der Waals surface area contributed by atoms with Gasteiger partial charge in [-0.3, -0.25) is 0 Å². The highest BCUT2D eigenvalue weighted by molar-refractivity contribution is 5.66. The lowest BCUT2D eigenvalue weighted by Crippen LogP contribution is -2.27. The highest BCUT2D eigenvalue weighted by atomic mass is 16.5. The summed E-state index contributed by atoms with van der Waals surface area (Å²) in [6.45, 7) is 2.87. The summed E-state index contributed by atoms with van der Waals surface area (Å²) >= 11 is 0. The molecule has 0 aliphatic carbocycles. The smallest absolute Gasteiger partial charge is 0.409 e. The molecule has 0 aromatic carbocycles. The molecule has 0 aliphatic heterocycles. The van der Waals surface area contributed by atoms with E-state index in [0.717, 1.165) is 19.4 Å². The zero-order chi connectivity index (χ0) is 7.98. The van der Waals surface area contributed by atoms with Crippen LogP contribution in [-0.2, 0) is 4.74 Å². The molecule has 0 unspecified atom stereocenters. The maximum absolute atomic E-state index is 10.7. The van der Waals surface area contributed by atoms with Crippen LogP contribution in [0.25, 0.3) is 0 Å². The van der Waals surface area contributed by atoms with Gasteiger partial charge in [0.2, 0.25) is 0 Å². The van der Waals surface area contributed by atoms with E-state index < -0.39 is 0 Å². The molecule has 0 aromatic heterocycles. The van der Waals surface area contributed by atoms with Crippen LogP contribution in [0.5, 0.6) is 0 Å². The number of hydrogen-bond donors (Lipinski definition) is 0. The maximum atomic E-state index is 10.7. The van der Waals surface area contributed by atoms with Crippen molar-refractivity contribution in [3.8, 4) is 0 Å². The van der Waals surface area contributed by atoms with E-state index in [1.807, 2.05) is 0 Å². The minimum atomic E-state index is -0.256. The van der Waals surface area contributed by atoms with E-state index in [1.165, 1.54) is 7.11 Å². The number of amides is 1. The summed E-state index contributed by atoms with van der Waals surface area (Å²) in [7, 11) is 3.13. The SMILES string of the molecule is CCCCN(C)C(=O)OC. The van der Waals surface area contributed by atoms with Crippen LogP contribution in [-0.4, -0.2) is 31.7 Å². The molecule has 0 fully saturated rings. The fourth-order valence-electron chi connectivity index (χ4n) is 0.642. The minimum Gasteiger partial charge on any atom is -0.453 e. The van der Waals surface area contributed by atoms with E-state index in [4.69, 9.17) is 0 Å². The van der Waals surface area contributed by atoms with Crippen molar-refractivity contribution in [2.24, 2.45) is 0 Å². The predicted molar refractivity (Wildman–Crippen MR) is 39.9 cm³/mol. The quantitative estimate of drug-likeness (QED) is 0.602. The zero-order valence-electron chi connectivity index (χ0n) is 6.89. The summed E-state index contributed by atoms with van der Waals surface area (Å²) in [6.07, 6.45) is 1.88. The Kier molecular flexibility index (Phi) is 4.72. The topological polar surface area (TPSA) is 29.5 Å². The van der Waals surface area contributed by atoms with Crippen molar-refractivity contribution >= 4 is 6.09 Å². The number of rotatable bonds is 3. The van der Waals surface area contributed by atoms with E-state index in [2.05, 4.69) is 11.7 Å². The van der Waals surface area contributed by atoms with Crippen molar-refractivity contribution in [1.29, 1.82) is 0 Å². The maximum Gasteiger partial charge on any atom is 0.409 e. The van der Waals surface area contributed by atoms with Crippen molar-refractivity contribution in [2.45, 2.75) is 19.8 Å². The molecule has 0 radical (unpaired) electrons. The van der Waals surface area contributed by atoms with Gasteiger partial charge in [-0.1, -0.05) is 13.3 Å². The Hall–Kier alpha value is -0.730. The number of ether oxygens (including phenoxy) is 1. The molecule has 0 spiro atoms. The third-order valence-electron chi connectivity index (χ3n) is 1.33. The molecule has 0 aromatic rings. The van der Waals surface area contributed by atoms with Gasteiger partial charge in [-0.15, -0.1) is 0 Å². The van der Waals surface area contributed by atoms with Crippen LogP contribution in [0.2, 0.25) is 0 Å². The van der Waals surface area contributed by atoms with Gasteiger partial charge < -0.3 is 9.64 Å². The molecule has 1 amide bonds. The lowest BCUT2D eigenvalue weighted by molar-refractivity contribution is 0.133. The first-order valence-corrected chi connectivity index (χ1v) is 3.51. The van der Waals surface area contributed by atoms with E-state index in [1.54, 1.807) is 11.9 Å². The fourth-order valence-corrected chi connectivity index (χ4v) is 0.642. The first-order valence-electron chi connectivity index (χ1n) is 3.51. The van der Waals surface area contributed by atoms with Gasteiger partial charge in [0.25, 0.3) is 0 Å². The minimum absolute atomic E-state index is 0.256. The second-order valence-electron chi connectivity index (χ2n) is 2.25. The van der Waals surface area contributed by atoms with E-state index in [-0.39, 0.29) is 6.09 Å². The molecular formula is C7H15NO2. The molecule has 0 N–H and O–H groups in total. The number of hydrogen-bond acceptors (Lipinski definition) is 2. The lowest BCUT2D eigenvalue weighted by Gasteiger charge is -2.13. The summed E-state index contributed by atoms with van der Waals surface area (Å²) in [5, 5.41) is 0. The van der Waals surface area contributed by atoms with Gasteiger partial charge in [-0.2, -0.15) is 0 Å². The molecule has 0 rings (SSSR count). The Morgan fingerprint density at radius 2 is 2.20 bits per heavy atom. The number of carbonyl (C=O) groups excluding carboxylic acids is 1. The van der Waals surface area contributed by atoms with Crippen LogP contribution >= 0.6 is 0 Å². The number of carbonyl (C=O) groups is 1. The van der Waals surface area contributed by atoms with Gasteiger partial charge in [0.15, 0.2) is 0 Å². The molecule has 0 heterocycles. The number of unbranched alkanes of at least 4 members (excludes halogenated alkanes) is 1. The average molecular weight is 145 g/mol. The Morgan fingerprint density at radius 1 is 1.60 bits per heavy atom. The monoisotopic (exact) mass is 145 g/mol. The van der Waals surface area contributed by atoms with Crippen molar-refractivity contribution in [3.05, 3.63) is 0 Å². The van der Waals surface area contributed by atoms with Crippen LogP contribution in [0.3, 0.4) is 0 Å². The van der Waals surface area contributed by atoms with Gasteiger partial charge in [0, 0.05) is 13.6 Å². The van der Waals surface area contributed by atoms with Crippen LogP contribution < -0.4 is 0 Å². The van der Waals surface area contributed by atoms with Gasteiger partial charge in [-0.05, 0) is 6.42 Å². The second kappa shape index (κ2) is 5.09. The third kappa shape index (κ3) is 3.33. The molecule has 0 aliphatic rings. The van der Waals surface area contributed by atoms with Crippen LogP contribution in [0.15, 0.2) is 0 Å². The van der Waals surface area contributed by atoms with Gasteiger partial charge in [0.1, 0.15) is 0 Å². The van der Waals surface area contributed by atoms with E-state index in [0.29, 0.717) is 0 Å². The van der Waals surface area contributed by atoms with Crippen molar-refractivity contribution < 1.29 is 9.53 Å². The highest BCUT2D eigenvalue weighted by Gasteiger charge is 2.04. The Bertz CT molecular complexity index is 104. The van der Waals surface area contributed by atoms with Crippen molar-refractivity contribution in [1.82, 2.24) is 4.90 Å². The highest BCUT2D eigenvalue weighted by Crippen LogP contribution is 1.93. The summed E-state index contributed by atoms with van der Waals surface area (Å²) in [6, 6.07) is 0. The first-order chi connectivity index (χ1) is 4.72.